The predicted octanol–water partition coefficient (Wildman–Crippen LogP) is 0.142. The number of carbonyl (C=O) groups is 1. The molecule has 2 rings (SSSR count). The van der Waals surface area contributed by atoms with Crippen LogP contribution in [0.25, 0.3) is 0 Å². The molecule has 2 heterocycles. The van der Waals surface area contributed by atoms with E-state index in [0.717, 1.165) is 19.4 Å². The van der Waals surface area contributed by atoms with Crippen LogP contribution in [0.15, 0.2) is 18.3 Å². The maximum absolute atomic E-state index is 11.3. The lowest BCUT2D eigenvalue weighted by Crippen LogP contribution is -2.34. The van der Waals surface area contributed by atoms with Crippen LogP contribution in [0.2, 0.25) is 0 Å². The first kappa shape index (κ1) is 10.9. The van der Waals surface area contributed by atoms with Gasteiger partial charge in [-0.2, -0.15) is 0 Å². The van der Waals surface area contributed by atoms with Crippen LogP contribution >= 0.6 is 0 Å². The van der Waals surface area contributed by atoms with Gasteiger partial charge in [0.05, 0.1) is 18.2 Å². The molecule has 0 spiro atoms. The first-order valence-electron chi connectivity index (χ1n) is 5.36. The van der Waals surface area contributed by atoms with Gasteiger partial charge in [0.15, 0.2) is 0 Å². The van der Waals surface area contributed by atoms with Crippen LogP contribution in [0.3, 0.4) is 0 Å². The normalized spacial score (nSPS) is 20.1. The maximum Gasteiger partial charge on any atom is 0.252 e. The summed E-state index contributed by atoms with van der Waals surface area (Å²) >= 11 is 0. The molecular formula is C11H15N3O2. The number of amides is 1. The summed E-state index contributed by atoms with van der Waals surface area (Å²) in [5, 5.41) is 9.24. The smallest absolute Gasteiger partial charge is 0.252 e. The molecule has 1 unspecified atom stereocenters. The summed E-state index contributed by atoms with van der Waals surface area (Å²) in [5.74, 6) is 0.109. The van der Waals surface area contributed by atoms with Crippen LogP contribution in [0, 0.1) is 0 Å². The van der Waals surface area contributed by atoms with Gasteiger partial charge < -0.3 is 15.7 Å². The number of aliphatic hydroxyl groups is 1. The molecule has 1 aromatic heterocycles. The van der Waals surface area contributed by atoms with Gasteiger partial charge in [-0.15, -0.1) is 0 Å². The second-order valence-corrected chi connectivity index (χ2v) is 3.91. The van der Waals surface area contributed by atoms with Crippen molar-refractivity contribution in [2.24, 2.45) is 5.73 Å². The highest BCUT2D eigenvalue weighted by molar-refractivity contribution is 5.97. The summed E-state index contributed by atoms with van der Waals surface area (Å²) in [4.78, 5) is 17.4. The van der Waals surface area contributed by atoms with Crippen molar-refractivity contribution >= 4 is 11.7 Å². The summed E-state index contributed by atoms with van der Waals surface area (Å²) in [6.07, 6.45) is 3.56. The molecule has 3 N–H and O–H groups in total. The summed E-state index contributed by atoms with van der Waals surface area (Å²) in [6.45, 7) is 0.886. The lowest BCUT2D eigenvalue weighted by atomic mass is 10.2. The van der Waals surface area contributed by atoms with Crippen molar-refractivity contribution in [1.82, 2.24) is 4.98 Å². The van der Waals surface area contributed by atoms with Gasteiger partial charge in [-0.05, 0) is 25.0 Å². The summed E-state index contributed by atoms with van der Waals surface area (Å²) in [5.41, 5.74) is 5.72. The van der Waals surface area contributed by atoms with Gasteiger partial charge in [-0.1, -0.05) is 0 Å². The minimum absolute atomic E-state index is 0.0491. The number of pyridine rings is 1. The van der Waals surface area contributed by atoms with Crippen molar-refractivity contribution in [3.05, 3.63) is 23.9 Å². The van der Waals surface area contributed by atoms with Crippen LogP contribution < -0.4 is 10.6 Å². The first-order chi connectivity index (χ1) is 7.74. The van der Waals surface area contributed by atoms with E-state index in [1.54, 1.807) is 18.3 Å². The first-order valence-corrected chi connectivity index (χ1v) is 5.36. The summed E-state index contributed by atoms with van der Waals surface area (Å²) < 4.78 is 0. The van der Waals surface area contributed by atoms with Crippen molar-refractivity contribution in [3.63, 3.8) is 0 Å². The van der Waals surface area contributed by atoms with Gasteiger partial charge in [-0.3, -0.25) is 4.79 Å². The van der Waals surface area contributed by atoms with Crippen LogP contribution in [-0.4, -0.2) is 35.2 Å². The van der Waals surface area contributed by atoms with Gasteiger partial charge in [0.2, 0.25) is 0 Å². The standard InChI is InChI=1S/C11H15N3O2/c12-10(16)9-4-1-5-13-11(9)14-6-2-3-8(14)7-15/h1,4-5,8,15H,2-3,6-7H2,(H2,12,16). The highest BCUT2D eigenvalue weighted by atomic mass is 16.3. The molecule has 0 saturated carbocycles. The van der Waals surface area contributed by atoms with Crippen molar-refractivity contribution in [3.8, 4) is 0 Å². The molecule has 5 nitrogen and oxygen atoms in total. The number of carbonyl (C=O) groups excluding carboxylic acids is 1. The fraction of sp³-hybridized carbons (Fsp3) is 0.455. The molecule has 5 heteroatoms. The SMILES string of the molecule is NC(=O)c1cccnc1N1CCCC1CO. The fourth-order valence-electron chi connectivity index (χ4n) is 2.12. The van der Waals surface area contributed by atoms with E-state index < -0.39 is 5.91 Å². The van der Waals surface area contributed by atoms with E-state index >= 15 is 0 Å². The van der Waals surface area contributed by atoms with Crippen molar-refractivity contribution < 1.29 is 9.90 Å². The Morgan fingerprint density at radius 1 is 1.69 bits per heavy atom. The van der Waals surface area contributed by atoms with E-state index in [9.17, 15) is 9.90 Å². The van der Waals surface area contributed by atoms with E-state index in [2.05, 4.69) is 4.98 Å². The Kier molecular flexibility index (Phi) is 3.05. The number of anilines is 1. The lowest BCUT2D eigenvalue weighted by molar-refractivity contribution is 0.1000. The lowest BCUT2D eigenvalue weighted by Gasteiger charge is -2.25. The quantitative estimate of drug-likeness (QED) is 0.761. The number of hydrogen-bond acceptors (Lipinski definition) is 4. The molecule has 0 radical (unpaired) electrons. The Morgan fingerprint density at radius 2 is 2.50 bits per heavy atom. The molecule has 86 valence electrons. The highest BCUT2D eigenvalue weighted by Crippen LogP contribution is 2.26. The molecule has 0 aliphatic carbocycles. The minimum atomic E-state index is -0.480. The molecule has 0 aromatic carbocycles. The van der Waals surface area contributed by atoms with Crippen molar-refractivity contribution in [2.75, 3.05) is 18.1 Å². The van der Waals surface area contributed by atoms with Crippen molar-refractivity contribution in [1.29, 1.82) is 0 Å². The van der Waals surface area contributed by atoms with Gasteiger partial charge in [0, 0.05) is 12.7 Å². The van der Waals surface area contributed by atoms with Gasteiger partial charge in [-0.25, -0.2) is 4.98 Å². The number of nitrogens with two attached hydrogens (primary N) is 1. The zero-order chi connectivity index (χ0) is 11.5. The molecule has 1 amide bonds. The number of hydrogen-bond donors (Lipinski definition) is 2. The Bertz CT molecular complexity index is 395. The topological polar surface area (TPSA) is 79.5 Å². The van der Waals surface area contributed by atoms with E-state index in [-0.39, 0.29) is 12.6 Å². The molecule has 1 aliphatic rings. The number of aliphatic hydroxyl groups excluding tert-OH is 1. The number of nitrogens with zero attached hydrogens (tertiary/aromatic N) is 2. The van der Waals surface area contributed by atoms with Crippen LogP contribution in [0.4, 0.5) is 5.82 Å². The molecule has 1 aromatic rings. The van der Waals surface area contributed by atoms with Crippen LogP contribution in [0.5, 0.6) is 0 Å². The molecular weight excluding hydrogens is 206 g/mol. The zero-order valence-corrected chi connectivity index (χ0v) is 8.97. The Labute approximate surface area is 93.9 Å². The van der Waals surface area contributed by atoms with E-state index in [1.807, 2.05) is 4.90 Å². The van der Waals surface area contributed by atoms with E-state index in [0.29, 0.717) is 11.4 Å². The second-order valence-electron chi connectivity index (χ2n) is 3.91. The average Bonchev–Trinajstić information content (AvgIpc) is 2.76. The van der Waals surface area contributed by atoms with Crippen LogP contribution in [-0.2, 0) is 0 Å². The van der Waals surface area contributed by atoms with Gasteiger partial charge >= 0.3 is 0 Å². The van der Waals surface area contributed by atoms with Gasteiger partial charge in [0.25, 0.3) is 5.91 Å². The van der Waals surface area contributed by atoms with Crippen molar-refractivity contribution in [2.45, 2.75) is 18.9 Å². The number of aromatic nitrogens is 1. The van der Waals surface area contributed by atoms with E-state index in [4.69, 9.17) is 5.73 Å². The third kappa shape index (κ3) is 1.86. The van der Waals surface area contributed by atoms with E-state index in [1.165, 1.54) is 0 Å². The third-order valence-corrected chi connectivity index (χ3v) is 2.91. The molecule has 1 saturated heterocycles. The maximum atomic E-state index is 11.3. The summed E-state index contributed by atoms with van der Waals surface area (Å²) in [7, 11) is 0. The Balaban J connectivity index is 2.35. The summed E-state index contributed by atoms with van der Waals surface area (Å²) in [6, 6.07) is 3.40. The molecule has 16 heavy (non-hydrogen) atoms. The monoisotopic (exact) mass is 221 g/mol. The highest BCUT2D eigenvalue weighted by Gasteiger charge is 2.27. The molecule has 1 aliphatic heterocycles. The Morgan fingerprint density at radius 3 is 3.19 bits per heavy atom. The molecule has 1 fully saturated rings. The molecule has 1 atom stereocenters. The fourth-order valence-corrected chi connectivity index (χ4v) is 2.12. The second kappa shape index (κ2) is 4.49. The number of primary amides is 1. The van der Waals surface area contributed by atoms with Crippen LogP contribution in [0.1, 0.15) is 23.2 Å². The number of rotatable bonds is 3. The largest absolute Gasteiger partial charge is 0.394 e. The third-order valence-electron chi connectivity index (χ3n) is 2.91. The molecule has 0 bridgehead atoms. The average molecular weight is 221 g/mol. The predicted molar refractivity (Wildman–Crippen MR) is 60.2 cm³/mol. The van der Waals surface area contributed by atoms with Gasteiger partial charge in [0.1, 0.15) is 5.82 Å². The Hall–Kier alpha value is -1.62. The zero-order valence-electron chi connectivity index (χ0n) is 8.97. The minimum Gasteiger partial charge on any atom is -0.394 e.